The van der Waals surface area contributed by atoms with Crippen molar-refractivity contribution in [3.05, 3.63) is 36.3 Å². The Kier molecular flexibility index (Phi) is 3.16. The van der Waals surface area contributed by atoms with Crippen molar-refractivity contribution in [2.45, 2.75) is 18.1 Å². The molecule has 4 heteroatoms. The van der Waals surface area contributed by atoms with Gasteiger partial charge in [0.05, 0.1) is 11.9 Å². The first-order valence-corrected chi connectivity index (χ1v) is 5.34. The van der Waals surface area contributed by atoms with E-state index < -0.39 is 0 Å². The summed E-state index contributed by atoms with van der Waals surface area (Å²) < 4.78 is 5.26. The van der Waals surface area contributed by atoms with E-state index in [1.807, 2.05) is 6.08 Å². The molecule has 2 aliphatic rings. The van der Waals surface area contributed by atoms with E-state index >= 15 is 0 Å². The lowest BCUT2D eigenvalue weighted by Gasteiger charge is -2.17. The molecular formula is C10H12O3S. The van der Waals surface area contributed by atoms with Crippen molar-refractivity contribution in [2.24, 2.45) is 0 Å². The van der Waals surface area contributed by atoms with Crippen molar-refractivity contribution in [3.8, 4) is 0 Å². The minimum atomic E-state index is 0.366. The van der Waals surface area contributed by atoms with Crippen LogP contribution in [0, 0.1) is 0 Å². The molecular weight excluding hydrogens is 200 g/mol. The molecule has 1 saturated heterocycles. The van der Waals surface area contributed by atoms with Crippen LogP contribution < -0.4 is 0 Å². The predicted molar refractivity (Wildman–Crippen MR) is 55.1 cm³/mol. The third-order valence-corrected chi connectivity index (χ3v) is 3.12. The molecule has 76 valence electrons. The van der Waals surface area contributed by atoms with Crippen LogP contribution in [-0.4, -0.2) is 11.9 Å². The lowest BCUT2D eigenvalue weighted by Crippen LogP contribution is -2.09. The van der Waals surface area contributed by atoms with Crippen LogP contribution in [0.1, 0.15) is 12.8 Å². The van der Waals surface area contributed by atoms with Gasteiger partial charge in [0.1, 0.15) is 6.26 Å². The fourth-order valence-corrected chi connectivity index (χ4v) is 2.30. The van der Waals surface area contributed by atoms with Gasteiger partial charge in [-0.1, -0.05) is 6.08 Å². The number of rotatable bonds is 3. The summed E-state index contributed by atoms with van der Waals surface area (Å²) in [6.07, 6.45) is 7.01. The van der Waals surface area contributed by atoms with Crippen molar-refractivity contribution in [1.29, 1.82) is 0 Å². The first kappa shape index (κ1) is 9.68. The second-order valence-corrected chi connectivity index (χ2v) is 4.05. The molecule has 0 saturated carbocycles. The Hall–Kier alpha value is -0.870. The van der Waals surface area contributed by atoms with Gasteiger partial charge in [0.25, 0.3) is 0 Å². The normalized spacial score (nSPS) is 25.9. The minimum absolute atomic E-state index is 0.366. The van der Waals surface area contributed by atoms with Gasteiger partial charge in [-0.3, -0.25) is 9.78 Å². The van der Waals surface area contributed by atoms with E-state index in [4.69, 9.17) is 14.0 Å². The molecule has 0 spiro atoms. The molecule has 0 aliphatic carbocycles. The van der Waals surface area contributed by atoms with Crippen molar-refractivity contribution in [1.82, 2.24) is 0 Å². The van der Waals surface area contributed by atoms with E-state index in [9.17, 15) is 0 Å². The maximum Gasteiger partial charge on any atom is 0.163 e. The summed E-state index contributed by atoms with van der Waals surface area (Å²) in [5, 5.41) is 0.366. The first-order valence-electron chi connectivity index (χ1n) is 4.54. The van der Waals surface area contributed by atoms with E-state index in [-0.39, 0.29) is 0 Å². The topological polar surface area (TPSA) is 27.7 Å². The maximum absolute atomic E-state index is 5.26. The van der Waals surface area contributed by atoms with E-state index in [2.05, 4.69) is 6.58 Å². The van der Waals surface area contributed by atoms with E-state index in [1.54, 1.807) is 12.3 Å². The van der Waals surface area contributed by atoms with Crippen molar-refractivity contribution < 1.29 is 14.0 Å². The summed E-state index contributed by atoms with van der Waals surface area (Å²) in [5.74, 6) is 0.838. The summed E-state index contributed by atoms with van der Waals surface area (Å²) in [5.41, 5.74) is 1.15. The van der Waals surface area contributed by atoms with E-state index in [0.717, 1.165) is 24.4 Å². The van der Waals surface area contributed by atoms with Crippen molar-refractivity contribution in [2.75, 3.05) is 6.61 Å². The molecule has 2 aliphatic heterocycles. The highest BCUT2D eigenvalue weighted by molar-refractivity contribution is 7.95. The van der Waals surface area contributed by atoms with Crippen LogP contribution in [-0.2, 0) is 14.0 Å². The molecule has 0 N–H and O–H groups in total. The third-order valence-electron chi connectivity index (χ3n) is 2.10. The van der Waals surface area contributed by atoms with Crippen LogP contribution in [0.25, 0.3) is 0 Å². The van der Waals surface area contributed by atoms with Crippen LogP contribution in [0.15, 0.2) is 36.3 Å². The Morgan fingerprint density at radius 2 is 2.57 bits per heavy atom. The van der Waals surface area contributed by atoms with Crippen LogP contribution in [0.4, 0.5) is 0 Å². The zero-order chi connectivity index (χ0) is 9.80. The smallest absolute Gasteiger partial charge is 0.163 e. The number of hydrogen-bond donors (Lipinski definition) is 0. The molecule has 0 aromatic heterocycles. The van der Waals surface area contributed by atoms with Crippen molar-refractivity contribution in [3.63, 3.8) is 0 Å². The molecule has 2 rings (SSSR count). The lowest BCUT2D eigenvalue weighted by atomic mass is 10.1. The zero-order valence-electron chi connectivity index (χ0n) is 7.77. The number of hydrogen-bond acceptors (Lipinski definition) is 4. The molecule has 0 amide bonds. The zero-order valence-corrected chi connectivity index (χ0v) is 8.59. The van der Waals surface area contributed by atoms with Gasteiger partial charge in [-0.2, -0.15) is 0 Å². The second kappa shape index (κ2) is 4.57. The van der Waals surface area contributed by atoms with Gasteiger partial charge in [-0.25, -0.2) is 0 Å². The molecule has 1 fully saturated rings. The molecule has 0 bridgehead atoms. The minimum Gasteiger partial charge on any atom is -0.315 e. The monoisotopic (exact) mass is 212 g/mol. The van der Waals surface area contributed by atoms with Gasteiger partial charge >= 0.3 is 0 Å². The molecule has 0 aromatic rings. The van der Waals surface area contributed by atoms with Gasteiger partial charge in [-0.15, -0.1) is 6.58 Å². The summed E-state index contributed by atoms with van der Waals surface area (Å²) in [7, 11) is 0. The molecule has 0 radical (unpaired) electrons. The van der Waals surface area contributed by atoms with E-state index in [0.29, 0.717) is 11.7 Å². The van der Waals surface area contributed by atoms with Crippen molar-refractivity contribution >= 4 is 12.0 Å². The van der Waals surface area contributed by atoms with Crippen LogP contribution in [0.2, 0.25) is 0 Å². The highest BCUT2D eigenvalue weighted by atomic mass is 32.2. The molecule has 0 aromatic carbocycles. The Morgan fingerprint density at radius 3 is 3.29 bits per heavy atom. The Balaban J connectivity index is 2.17. The summed E-state index contributed by atoms with van der Waals surface area (Å²) in [4.78, 5) is 9.88. The van der Waals surface area contributed by atoms with Crippen LogP contribution in [0.5, 0.6) is 0 Å². The Labute approximate surface area is 87.5 Å². The molecule has 3 nitrogen and oxygen atoms in total. The van der Waals surface area contributed by atoms with Gasteiger partial charge in [0.15, 0.2) is 5.76 Å². The number of allylic oxidation sites excluding steroid dienone is 2. The highest BCUT2D eigenvalue weighted by Crippen LogP contribution is 2.34. The summed E-state index contributed by atoms with van der Waals surface area (Å²) >= 11 is 1.50. The standard InChI is InChI=1S/C10H12O3S/c1-2-3-9-8(4-6-11-13-9)10-5-7-12-14-10/h2,4,6,10H,1,3,5,7H2. The quantitative estimate of drug-likeness (QED) is 0.408. The second-order valence-electron chi connectivity index (χ2n) is 3.05. The maximum atomic E-state index is 5.26. The molecule has 14 heavy (non-hydrogen) atoms. The summed E-state index contributed by atoms with van der Waals surface area (Å²) in [6, 6.07) is 0. The average molecular weight is 212 g/mol. The van der Waals surface area contributed by atoms with Gasteiger partial charge in [0, 0.05) is 12.0 Å². The largest absolute Gasteiger partial charge is 0.315 e. The lowest BCUT2D eigenvalue weighted by molar-refractivity contribution is -0.216. The molecule has 1 atom stereocenters. The predicted octanol–water partition coefficient (Wildman–Crippen LogP) is 2.73. The van der Waals surface area contributed by atoms with Crippen LogP contribution >= 0.6 is 12.0 Å². The first-order chi connectivity index (χ1) is 6.92. The van der Waals surface area contributed by atoms with Gasteiger partial charge in [-0.05, 0) is 24.5 Å². The Morgan fingerprint density at radius 1 is 1.64 bits per heavy atom. The molecule has 1 unspecified atom stereocenters. The SMILES string of the molecule is C=CCC1=C(C2CCOS2)C=COO1. The Bertz CT molecular complexity index is 277. The summed E-state index contributed by atoms with van der Waals surface area (Å²) in [6.45, 7) is 4.48. The van der Waals surface area contributed by atoms with Crippen LogP contribution in [0.3, 0.4) is 0 Å². The van der Waals surface area contributed by atoms with Gasteiger partial charge in [0.2, 0.25) is 0 Å². The van der Waals surface area contributed by atoms with E-state index in [1.165, 1.54) is 12.0 Å². The third kappa shape index (κ3) is 1.96. The average Bonchev–Trinajstić information content (AvgIpc) is 2.72. The fraction of sp³-hybridized carbons (Fsp3) is 0.400. The highest BCUT2D eigenvalue weighted by Gasteiger charge is 2.25. The fourth-order valence-electron chi connectivity index (χ4n) is 1.44. The molecule has 2 heterocycles. The van der Waals surface area contributed by atoms with Gasteiger partial charge < -0.3 is 4.18 Å².